The van der Waals surface area contributed by atoms with Crippen molar-refractivity contribution in [3.63, 3.8) is 0 Å². The highest BCUT2D eigenvalue weighted by Gasteiger charge is 2.38. The van der Waals surface area contributed by atoms with Gasteiger partial charge in [0.15, 0.2) is 5.17 Å². The highest BCUT2D eigenvalue weighted by Crippen LogP contribution is 2.40. The number of methoxy groups -OCH3 is 1. The van der Waals surface area contributed by atoms with Gasteiger partial charge in [-0.15, -0.1) is 0 Å². The fraction of sp³-hybridized carbons (Fsp3) is 0.412. The van der Waals surface area contributed by atoms with E-state index in [1.807, 2.05) is 31.2 Å². The summed E-state index contributed by atoms with van der Waals surface area (Å²) >= 11 is 1.75. The number of fused-ring (bicyclic) bond motifs is 1. The highest BCUT2D eigenvalue weighted by molar-refractivity contribution is 8.13. The number of thioether (sulfide) groups is 1. The molecule has 1 saturated heterocycles. The molecule has 122 valence electrons. The minimum absolute atomic E-state index is 0.179. The number of anilines is 1. The van der Waals surface area contributed by atoms with Crippen LogP contribution in [-0.4, -0.2) is 35.4 Å². The molecule has 23 heavy (non-hydrogen) atoms. The summed E-state index contributed by atoms with van der Waals surface area (Å²) in [5.74, 6) is 0.747. The third-order valence-electron chi connectivity index (χ3n) is 4.11. The molecule has 1 unspecified atom stereocenters. The van der Waals surface area contributed by atoms with Crippen LogP contribution in [0.15, 0.2) is 40.5 Å². The van der Waals surface area contributed by atoms with E-state index >= 15 is 0 Å². The summed E-state index contributed by atoms with van der Waals surface area (Å²) in [5, 5.41) is 0.994. The Hall–Kier alpha value is -1.95. The lowest BCUT2D eigenvalue weighted by Crippen LogP contribution is -2.42. The molecule has 1 atom stereocenters. The molecular weight excluding hydrogens is 310 g/mol. The maximum absolute atomic E-state index is 12.5. The SMILES string of the molecule is CCC1=C(C(=O)OC)C(c2cccc(N)c2)N2CCCSC2=N1. The fourth-order valence-electron chi connectivity index (χ4n) is 3.09. The van der Waals surface area contributed by atoms with Gasteiger partial charge in [0.1, 0.15) is 0 Å². The molecule has 0 amide bonds. The first kappa shape index (κ1) is 15.9. The van der Waals surface area contributed by atoms with E-state index in [9.17, 15) is 4.79 Å². The van der Waals surface area contributed by atoms with E-state index in [0.717, 1.165) is 35.1 Å². The van der Waals surface area contributed by atoms with Gasteiger partial charge in [0.2, 0.25) is 0 Å². The molecule has 1 fully saturated rings. The lowest BCUT2D eigenvalue weighted by molar-refractivity contribution is -0.136. The molecular formula is C17H21N3O2S. The number of ether oxygens (including phenoxy) is 1. The van der Waals surface area contributed by atoms with Crippen molar-refractivity contribution in [2.45, 2.75) is 25.8 Å². The third-order valence-corrected chi connectivity index (χ3v) is 5.19. The number of benzene rings is 1. The maximum atomic E-state index is 12.5. The van der Waals surface area contributed by atoms with Gasteiger partial charge in [0, 0.05) is 18.0 Å². The van der Waals surface area contributed by atoms with E-state index in [2.05, 4.69) is 4.90 Å². The van der Waals surface area contributed by atoms with Crippen molar-refractivity contribution >= 4 is 28.6 Å². The molecule has 5 nitrogen and oxygen atoms in total. The van der Waals surface area contributed by atoms with Crippen LogP contribution in [0.2, 0.25) is 0 Å². The number of nitrogens with two attached hydrogens (primary N) is 1. The molecule has 2 aliphatic heterocycles. The van der Waals surface area contributed by atoms with Gasteiger partial charge in [0.05, 0.1) is 24.4 Å². The van der Waals surface area contributed by atoms with Crippen LogP contribution in [0, 0.1) is 0 Å². The minimum atomic E-state index is -0.312. The number of hydrogen-bond donors (Lipinski definition) is 1. The van der Waals surface area contributed by atoms with Gasteiger partial charge >= 0.3 is 5.97 Å². The van der Waals surface area contributed by atoms with Gasteiger partial charge in [-0.1, -0.05) is 30.8 Å². The normalized spacial score (nSPS) is 20.9. The first-order chi connectivity index (χ1) is 11.2. The predicted octanol–water partition coefficient (Wildman–Crippen LogP) is 2.96. The number of carbonyl (C=O) groups is 1. The van der Waals surface area contributed by atoms with Crippen molar-refractivity contribution in [2.24, 2.45) is 4.99 Å². The summed E-state index contributed by atoms with van der Waals surface area (Å²) in [4.78, 5) is 19.4. The quantitative estimate of drug-likeness (QED) is 0.681. The van der Waals surface area contributed by atoms with Crippen LogP contribution in [-0.2, 0) is 9.53 Å². The van der Waals surface area contributed by atoms with Gasteiger partial charge in [0.25, 0.3) is 0 Å². The van der Waals surface area contributed by atoms with Crippen molar-refractivity contribution in [3.05, 3.63) is 41.1 Å². The molecule has 2 heterocycles. The van der Waals surface area contributed by atoms with Crippen LogP contribution in [0.5, 0.6) is 0 Å². The van der Waals surface area contributed by atoms with Gasteiger partial charge in [-0.05, 0) is 30.5 Å². The average Bonchev–Trinajstić information content (AvgIpc) is 2.59. The van der Waals surface area contributed by atoms with E-state index in [1.165, 1.54) is 7.11 Å². The van der Waals surface area contributed by atoms with Crippen LogP contribution >= 0.6 is 11.8 Å². The molecule has 2 N–H and O–H groups in total. The Morgan fingerprint density at radius 2 is 2.35 bits per heavy atom. The van der Waals surface area contributed by atoms with Crippen molar-refractivity contribution in [3.8, 4) is 0 Å². The van der Waals surface area contributed by atoms with Crippen molar-refractivity contribution < 1.29 is 9.53 Å². The number of nitrogen functional groups attached to an aromatic ring is 1. The van der Waals surface area contributed by atoms with Crippen LogP contribution in [0.1, 0.15) is 31.4 Å². The maximum Gasteiger partial charge on any atom is 0.338 e. The Labute approximate surface area is 140 Å². The molecule has 6 heteroatoms. The second kappa shape index (κ2) is 6.66. The standard InChI is InChI=1S/C17H21N3O2S/c1-3-13-14(16(21)22-2)15(11-6-4-7-12(18)10-11)20-8-5-9-23-17(20)19-13/h4,6-7,10,15H,3,5,8-9,18H2,1-2H3. The van der Waals surface area contributed by atoms with Crippen molar-refractivity contribution in [1.29, 1.82) is 0 Å². The van der Waals surface area contributed by atoms with Gasteiger partial charge in [-0.3, -0.25) is 0 Å². The highest BCUT2D eigenvalue weighted by atomic mass is 32.2. The van der Waals surface area contributed by atoms with Crippen molar-refractivity contribution in [2.75, 3.05) is 25.1 Å². The molecule has 0 spiro atoms. The van der Waals surface area contributed by atoms with E-state index in [4.69, 9.17) is 15.5 Å². The molecule has 0 aliphatic carbocycles. The van der Waals surface area contributed by atoms with E-state index in [0.29, 0.717) is 17.7 Å². The monoisotopic (exact) mass is 331 g/mol. The number of rotatable bonds is 3. The zero-order valence-electron chi connectivity index (χ0n) is 13.4. The average molecular weight is 331 g/mol. The summed E-state index contributed by atoms with van der Waals surface area (Å²) in [7, 11) is 1.42. The smallest absolute Gasteiger partial charge is 0.338 e. The number of hydrogen-bond acceptors (Lipinski definition) is 6. The van der Waals surface area contributed by atoms with Crippen LogP contribution in [0.25, 0.3) is 0 Å². The summed E-state index contributed by atoms with van der Waals surface area (Å²) in [6.45, 7) is 2.89. The summed E-state index contributed by atoms with van der Waals surface area (Å²) in [5.41, 5.74) is 9.11. The van der Waals surface area contributed by atoms with E-state index in [1.54, 1.807) is 11.8 Å². The van der Waals surface area contributed by atoms with E-state index < -0.39 is 0 Å². The Kier molecular flexibility index (Phi) is 4.61. The Morgan fingerprint density at radius 3 is 3.04 bits per heavy atom. The van der Waals surface area contributed by atoms with E-state index in [-0.39, 0.29) is 12.0 Å². The molecule has 0 radical (unpaired) electrons. The fourth-order valence-corrected chi connectivity index (χ4v) is 4.08. The first-order valence-corrected chi connectivity index (χ1v) is 8.79. The number of allylic oxidation sites excluding steroid dienone is 1. The number of amidine groups is 1. The molecule has 0 bridgehead atoms. The molecule has 0 saturated carbocycles. The number of nitrogens with zero attached hydrogens (tertiary/aromatic N) is 2. The summed E-state index contributed by atoms with van der Waals surface area (Å²) in [6, 6.07) is 7.55. The number of aliphatic imine (C=N–C) groups is 1. The van der Waals surface area contributed by atoms with Crippen LogP contribution in [0.3, 0.4) is 0 Å². The predicted molar refractivity (Wildman–Crippen MR) is 94.1 cm³/mol. The molecule has 2 aliphatic rings. The lowest BCUT2D eigenvalue weighted by Gasteiger charge is -2.40. The molecule has 3 rings (SSSR count). The van der Waals surface area contributed by atoms with Crippen LogP contribution in [0.4, 0.5) is 5.69 Å². The second-order valence-electron chi connectivity index (χ2n) is 5.57. The first-order valence-electron chi connectivity index (χ1n) is 7.80. The molecule has 0 aromatic heterocycles. The summed E-state index contributed by atoms with van der Waals surface area (Å²) < 4.78 is 5.05. The van der Waals surface area contributed by atoms with Gasteiger partial charge in [-0.2, -0.15) is 0 Å². The zero-order chi connectivity index (χ0) is 16.4. The molecule has 1 aromatic carbocycles. The Bertz CT molecular complexity index is 684. The van der Waals surface area contributed by atoms with Crippen LogP contribution < -0.4 is 5.73 Å². The Balaban J connectivity index is 2.16. The minimum Gasteiger partial charge on any atom is -0.466 e. The van der Waals surface area contributed by atoms with Crippen molar-refractivity contribution in [1.82, 2.24) is 4.90 Å². The second-order valence-corrected chi connectivity index (χ2v) is 6.63. The number of esters is 1. The largest absolute Gasteiger partial charge is 0.466 e. The lowest BCUT2D eigenvalue weighted by atomic mass is 9.93. The van der Waals surface area contributed by atoms with Gasteiger partial charge < -0.3 is 15.4 Å². The number of carbonyl (C=O) groups excluding carboxylic acids is 1. The third kappa shape index (κ3) is 2.95. The Morgan fingerprint density at radius 1 is 1.52 bits per heavy atom. The van der Waals surface area contributed by atoms with Gasteiger partial charge in [-0.25, -0.2) is 9.79 Å². The zero-order valence-corrected chi connectivity index (χ0v) is 14.2. The molecule has 1 aromatic rings. The summed E-state index contributed by atoms with van der Waals surface area (Å²) in [6.07, 6.45) is 1.76. The topological polar surface area (TPSA) is 67.9 Å².